The summed E-state index contributed by atoms with van der Waals surface area (Å²) in [5.74, 6) is -0.109. The number of morpholine rings is 1. The highest BCUT2D eigenvalue weighted by Crippen LogP contribution is 2.48. The number of rotatable bonds is 5. The van der Waals surface area contributed by atoms with Crippen molar-refractivity contribution in [2.45, 2.75) is 5.25 Å². The molecule has 10 heteroatoms. The number of hydrogen-bond acceptors (Lipinski definition) is 5. The summed E-state index contributed by atoms with van der Waals surface area (Å²) in [7, 11) is 0. The average molecular weight is 577 g/mol. The van der Waals surface area contributed by atoms with Crippen LogP contribution in [0.3, 0.4) is 0 Å². The molecule has 0 spiro atoms. The second-order valence-corrected chi connectivity index (χ2v) is 11.1. The van der Waals surface area contributed by atoms with Crippen LogP contribution in [0.2, 0.25) is 5.02 Å². The van der Waals surface area contributed by atoms with Gasteiger partial charge < -0.3 is 9.64 Å². The van der Waals surface area contributed by atoms with Crippen LogP contribution in [0.4, 0.5) is 10.2 Å². The molecule has 3 aromatic carbocycles. The molecule has 3 heterocycles. The molecule has 2 amide bonds. The van der Waals surface area contributed by atoms with Crippen LogP contribution in [-0.4, -0.2) is 65.1 Å². The Morgan fingerprint density at radius 1 is 1.02 bits per heavy atom. The maximum absolute atomic E-state index is 13.9. The largest absolute Gasteiger partial charge is 0.378 e. The third-order valence-corrected chi connectivity index (χ3v) is 8.51. The van der Waals surface area contributed by atoms with Gasteiger partial charge in [-0.15, -0.1) is 11.8 Å². The number of amides is 2. The molecule has 1 aromatic heterocycles. The van der Waals surface area contributed by atoms with Gasteiger partial charge in [-0.1, -0.05) is 54.1 Å². The molecular formula is C30H26ClFN4O3S. The number of nitrogens with zero attached hydrogens (tertiary/aromatic N) is 4. The summed E-state index contributed by atoms with van der Waals surface area (Å²) in [5, 5.41) is 5.30. The van der Waals surface area contributed by atoms with Gasteiger partial charge in [0, 0.05) is 29.2 Å². The Morgan fingerprint density at radius 3 is 2.50 bits per heavy atom. The van der Waals surface area contributed by atoms with Crippen LogP contribution in [0.15, 0.2) is 78.9 Å². The molecule has 1 fully saturated rings. The zero-order valence-corrected chi connectivity index (χ0v) is 23.1. The number of hydrogen-bond donors (Lipinski definition) is 0. The van der Waals surface area contributed by atoms with Crippen molar-refractivity contribution in [3.63, 3.8) is 0 Å². The van der Waals surface area contributed by atoms with Crippen LogP contribution in [0, 0.1) is 5.82 Å². The van der Waals surface area contributed by atoms with Gasteiger partial charge in [-0.3, -0.25) is 14.5 Å². The van der Waals surface area contributed by atoms with Gasteiger partial charge in [0.05, 0.1) is 35.6 Å². The molecule has 2 aliphatic rings. The molecule has 0 N–H and O–H groups in total. The van der Waals surface area contributed by atoms with Gasteiger partial charge in [0.2, 0.25) is 11.8 Å². The van der Waals surface area contributed by atoms with E-state index in [4.69, 9.17) is 21.4 Å². The Hall–Kier alpha value is -3.66. The second kappa shape index (κ2) is 11.4. The van der Waals surface area contributed by atoms with Crippen molar-refractivity contribution < 1.29 is 18.7 Å². The first-order valence-corrected chi connectivity index (χ1v) is 14.4. The topological polar surface area (TPSA) is 67.7 Å². The van der Waals surface area contributed by atoms with Crippen molar-refractivity contribution in [3.8, 4) is 16.9 Å². The van der Waals surface area contributed by atoms with Crippen LogP contribution < -0.4 is 4.90 Å². The highest BCUT2D eigenvalue weighted by atomic mass is 35.5. The van der Waals surface area contributed by atoms with Gasteiger partial charge >= 0.3 is 0 Å². The first-order chi connectivity index (χ1) is 19.5. The summed E-state index contributed by atoms with van der Waals surface area (Å²) in [6, 6.07) is 23.3. The highest BCUT2D eigenvalue weighted by molar-refractivity contribution is 8.00. The number of carbonyl (C=O) groups is 2. The van der Waals surface area contributed by atoms with E-state index in [1.54, 1.807) is 21.7 Å². The average Bonchev–Trinajstić information content (AvgIpc) is 3.30. The van der Waals surface area contributed by atoms with Crippen LogP contribution in [0.5, 0.6) is 0 Å². The Morgan fingerprint density at radius 2 is 1.77 bits per heavy atom. The third-order valence-electron chi connectivity index (χ3n) is 7.02. The van der Waals surface area contributed by atoms with Crippen LogP contribution >= 0.6 is 23.4 Å². The lowest BCUT2D eigenvalue weighted by atomic mass is 9.99. The Labute approximate surface area is 240 Å². The molecule has 40 heavy (non-hydrogen) atoms. The first kappa shape index (κ1) is 26.6. The number of fused-ring (bicyclic) bond motifs is 1. The first-order valence-electron chi connectivity index (χ1n) is 13.0. The lowest BCUT2D eigenvalue weighted by molar-refractivity contribution is -0.134. The van der Waals surface area contributed by atoms with Crippen molar-refractivity contribution in [1.29, 1.82) is 0 Å². The van der Waals surface area contributed by atoms with Gasteiger partial charge in [0.1, 0.15) is 18.2 Å². The van der Waals surface area contributed by atoms with Crippen molar-refractivity contribution in [2.75, 3.05) is 43.5 Å². The van der Waals surface area contributed by atoms with Gasteiger partial charge in [0.15, 0.2) is 0 Å². The second-order valence-electron chi connectivity index (χ2n) is 9.56. The molecule has 4 aromatic rings. The molecule has 2 aliphatic heterocycles. The quantitative estimate of drug-likeness (QED) is 0.320. The van der Waals surface area contributed by atoms with Gasteiger partial charge in [-0.05, 0) is 42.0 Å². The van der Waals surface area contributed by atoms with E-state index >= 15 is 0 Å². The summed E-state index contributed by atoms with van der Waals surface area (Å²) >= 11 is 7.89. The minimum atomic E-state index is -0.381. The predicted octanol–water partition coefficient (Wildman–Crippen LogP) is 5.36. The molecule has 7 nitrogen and oxygen atoms in total. The molecule has 204 valence electrons. The molecule has 1 atom stereocenters. The van der Waals surface area contributed by atoms with Gasteiger partial charge in [-0.2, -0.15) is 5.10 Å². The SMILES string of the molecule is O=C(CN1C(=O)CS[C@H](c2cccc(Cl)c2)c2c(-c3ccccc3)nn(-c3ccc(F)cc3)c21)N1CCOCC1. The lowest BCUT2D eigenvalue weighted by Crippen LogP contribution is -2.48. The zero-order valence-electron chi connectivity index (χ0n) is 21.5. The summed E-state index contributed by atoms with van der Waals surface area (Å²) in [6.45, 7) is 1.72. The van der Waals surface area contributed by atoms with E-state index in [0.29, 0.717) is 48.5 Å². The van der Waals surface area contributed by atoms with E-state index in [1.165, 1.54) is 28.8 Å². The fourth-order valence-corrected chi connectivity index (χ4v) is 6.46. The summed E-state index contributed by atoms with van der Waals surface area (Å²) in [4.78, 5) is 30.5. The molecular weight excluding hydrogens is 551 g/mol. The Balaban J connectivity index is 1.58. The number of thioether (sulfide) groups is 1. The number of anilines is 1. The number of aromatic nitrogens is 2. The zero-order chi connectivity index (χ0) is 27.6. The summed E-state index contributed by atoms with van der Waals surface area (Å²) < 4.78 is 21.0. The molecule has 6 rings (SSSR count). The van der Waals surface area contributed by atoms with Crippen LogP contribution in [0.25, 0.3) is 16.9 Å². The van der Waals surface area contributed by atoms with Crippen molar-refractivity contribution in [3.05, 3.63) is 101 Å². The van der Waals surface area contributed by atoms with Crippen LogP contribution in [0.1, 0.15) is 16.4 Å². The fraction of sp³-hybridized carbons (Fsp3) is 0.233. The maximum atomic E-state index is 13.9. The van der Waals surface area contributed by atoms with Crippen molar-refractivity contribution in [1.82, 2.24) is 14.7 Å². The highest BCUT2D eigenvalue weighted by Gasteiger charge is 2.38. The van der Waals surface area contributed by atoms with E-state index in [9.17, 15) is 14.0 Å². The fourth-order valence-electron chi connectivity index (χ4n) is 5.07. The van der Waals surface area contributed by atoms with Crippen LogP contribution in [-0.2, 0) is 14.3 Å². The van der Waals surface area contributed by atoms with E-state index in [0.717, 1.165) is 16.7 Å². The van der Waals surface area contributed by atoms with Gasteiger partial charge in [-0.25, -0.2) is 9.07 Å². The molecule has 0 saturated carbocycles. The number of benzene rings is 3. The molecule has 1 saturated heterocycles. The third kappa shape index (κ3) is 5.24. The van der Waals surface area contributed by atoms with Crippen molar-refractivity contribution >= 4 is 41.0 Å². The molecule has 0 bridgehead atoms. The summed E-state index contributed by atoms with van der Waals surface area (Å²) in [5.41, 5.74) is 3.83. The summed E-state index contributed by atoms with van der Waals surface area (Å²) in [6.07, 6.45) is 0. The molecule has 0 radical (unpaired) electrons. The van der Waals surface area contributed by atoms with E-state index in [2.05, 4.69) is 0 Å². The Kier molecular flexibility index (Phi) is 7.60. The predicted molar refractivity (Wildman–Crippen MR) is 154 cm³/mol. The smallest absolute Gasteiger partial charge is 0.242 e. The van der Waals surface area contributed by atoms with E-state index < -0.39 is 0 Å². The minimum absolute atomic E-state index is 0.143. The minimum Gasteiger partial charge on any atom is -0.378 e. The number of carbonyl (C=O) groups excluding carboxylic acids is 2. The Bertz CT molecular complexity index is 1540. The normalized spacial score (nSPS) is 17.4. The number of halogens is 2. The van der Waals surface area contributed by atoms with E-state index in [-0.39, 0.29) is 35.2 Å². The maximum Gasteiger partial charge on any atom is 0.242 e. The standard InChI is InChI=1S/C30H26ClFN4O3S/c31-22-8-4-7-21(17-22)29-27-28(20-5-2-1-3-6-20)33-36(24-11-9-23(32)10-12-24)30(27)35(26(38)19-40-29)18-25(37)34-13-15-39-16-14-34/h1-12,17,29H,13-16,18-19H2/t29-/m1/s1. The lowest BCUT2D eigenvalue weighted by Gasteiger charge is -2.30. The van der Waals surface area contributed by atoms with Gasteiger partial charge in [0.25, 0.3) is 0 Å². The molecule has 0 unspecified atom stereocenters. The van der Waals surface area contributed by atoms with Crippen molar-refractivity contribution in [2.24, 2.45) is 0 Å². The molecule has 0 aliphatic carbocycles. The number of ether oxygens (including phenoxy) is 1. The monoisotopic (exact) mass is 576 g/mol. The van der Waals surface area contributed by atoms with E-state index in [1.807, 2.05) is 54.6 Å².